The molecule has 0 radical (unpaired) electrons. The third kappa shape index (κ3) is 2.87. The molecule has 0 aliphatic heterocycles. The molecule has 2 aromatic carbocycles. The Kier molecular flexibility index (Phi) is 4.06. The van der Waals surface area contributed by atoms with Crippen LogP contribution < -0.4 is 5.73 Å². The van der Waals surface area contributed by atoms with Crippen LogP contribution in [0.2, 0.25) is 0 Å². The molecule has 98 valence electrons. The van der Waals surface area contributed by atoms with Crippen molar-refractivity contribution in [2.24, 2.45) is 0 Å². The number of carbonyl (C=O) groups is 1. The maximum Gasteiger partial charge on any atom is 0.193 e. The van der Waals surface area contributed by atoms with Crippen molar-refractivity contribution < 1.29 is 9.18 Å². The molecule has 2 aromatic rings. The molecule has 0 aliphatic carbocycles. The molecule has 0 heterocycles. The van der Waals surface area contributed by atoms with Gasteiger partial charge < -0.3 is 5.73 Å². The standard InChI is InChI=1S/C14H10Br2FNO/c1-7-10(5-9(15)6-13(7)18)14(19)8-2-3-12(17)11(16)4-8/h2-6H,18H2,1H3. The van der Waals surface area contributed by atoms with Gasteiger partial charge in [-0.2, -0.15) is 0 Å². The normalized spacial score (nSPS) is 10.5. The van der Waals surface area contributed by atoms with Gasteiger partial charge in [-0.25, -0.2) is 4.39 Å². The lowest BCUT2D eigenvalue weighted by Crippen LogP contribution is -2.06. The Balaban J connectivity index is 2.53. The highest BCUT2D eigenvalue weighted by Gasteiger charge is 2.15. The summed E-state index contributed by atoms with van der Waals surface area (Å²) in [4.78, 5) is 12.4. The summed E-state index contributed by atoms with van der Waals surface area (Å²) in [5.41, 5.74) is 8.01. The Morgan fingerprint density at radius 3 is 2.53 bits per heavy atom. The molecule has 0 spiro atoms. The van der Waals surface area contributed by atoms with Gasteiger partial charge in [0.05, 0.1) is 4.47 Å². The van der Waals surface area contributed by atoms with Crippen LogP contribution in [0, 0.1) is 12.7 Å². The van der Waals surface area contributed by atoms with Gasteiger partial charge in [-0.1, -0.05) is 15.9 Å². The van der Waals surface area contributed by atoms with Gasteiger partial charge in [-0.3, -0.25) is 4.79 Å². The number of benzene rings is 2. The van der Waals surface area contributed by atoms with Crippen LogP contribution in [0.5, 0.6) is 0 Å². The molecule has 2 nitrogen and oxygen atoms in total. The summed E-state index contributed by atoms with van der Waals surface area (Å²) in [5, 5.41) is 0. The Bertz CT molecular complexity index is 671. The van der Waals surface area contributed by atoms with E-state index < -0.39 is 5.82 Å². The summed E-state index contributed by atoms with van der Waals surface area (Å²) in [6.07, 6.45) is 0. The fraction of sp³-hybridized carbons (Fsp3) is 0.0714. The first-order valence-corrected chi connectivity index (χ1v) is 7.04. The van der Waals surface area contributed by atoms with E-state index in [0.29, 0.717) is 22.4 Å². The van der Waals surface area contributed by atoms with Gasteiger partial charge in [-0.15, -0.1) is 0 Å². The van der Waals surface area contributed by atoms with E-state index in [0.717, 1.165) is 4.47 Å². The average Bonchev–Trinajstić information content (AvgIpc) is 2.36. The lowest BCUT2D eigenvalue weighted by atomic mass is 9.98. The van der Waals surface area contributed by atoms with E-state index in [1.807, 2.05) is 0 Å². The zero-order valence-corrected chi connectivity index (χ0v) is 13.2. The van der Waals surface area contributed by atoms with E-state index in [-0.39, 0.29) is 10.3 Å². The van der Waals surface area contributed by atoms with Crippen molar-refractivity contribution >= 4 is 43.3 Å². The molecule has 0 saturated carbocycles. The number of ketones is 1. The number of nitrogen functional groups attached to an aromatic ring is 1. The number of hydrogen-bond donors (Lipinski definition) is 1. The quantitative estimate of drug-likeness (QED) is 0.611. The Morgan fingerprint density at radius 2 is 1.89 bits per heavy atom. The topological polar surface area (TPSA) is 43.1 Å². The molecule has 5 heteroatoms. The molecule has 0 unspecified atom stereocenters. The molecule has 0 atom stereocenters. The fourth-order valence-electron chi connectivity index (χ4n) is 1.73. The maximum absolute atomic E-state index is 13.2. The smallest absolute Gasteiger partial charge is 0.193 e. The van der Waals surface area contributed by atoms with Gasteiger partial charge >= 0.3 is 0 Å². The van der Waals surface area contributed by atoms with Crippen molar-refractivity contribution in [2.45, 2.75) is 6.92 Å². The zero-order chi connectivity index (χ0) is 14.2. The van der Waals surface area contributed by atoms with Crippen LogP contribution in [-0.4, -0.2) is 5.78 Å². The van der Waals surface area contributed by atoms with E-state index in [1.54, 1.807) is 19.1 Å². The number of anilines is 1. The van der Waals surface area contributed by atoms with Crippen molar-refractivity contribution in [1.82, 2.24) is 0 Å². The molecule has 0 aliphatic rings. The first kappa shape index (κ1) is 14.2. The SMILES string of the molecule is Cc1c(N)cc(Br)cc1C(=O)c1ccc(F)c(Br)c1. The largest absolute Gasteiger partial charge is 0.398 e. The highest BCUT2D eigenvalue weighted by atomic mass is 79.9. The molecule has 0 aromatic heterocycles. The number of carbonyl (C=O) groups excluding carboxylic acids is 1. The van der Waals surface area contributed by atoms with E-state index in [1.165, 1.54) is 18.2 Å². The van der Waals surface area contributed by atoms with Crippen LogP contribution >= 0.6 is 31.9 Å². The van der Waals surface area contributed by atoms with Crippen molar-refractivity contribution in [3.05, 3.63) is 61.8 Å². The van der Waals surface area contributed by atoms with Gasteiger partial charge in [0, 0.05) is 21.3 Å². The van der Waals surface area contributed by atoms with Crippen LogP contribution in [0.4, 0.5) is 10.1 Å². The van der Waals surface area contributed by atoms with E-state index >= 15 is 0 Å². The van der Waals surface area contributed by atoms with Crippen molar-refractivity contribution in [1.29, 1.82) is 0 Å². The van der Waals surface area contributed by atoms with E-state index in [9.17, 15) is 9.18 Å². The Labute approximate surface area is 127 Å². The molecule has 2 rings (SSSR count). The third-order valence-corrected chi connectivity index (χ3v) is 3.90. The van der Waals surface area contributed by atoms with Gasteiger partial charge in [0.25, 0.3) is 0 Å². The van der Waals surface area contributed by atoms with Crippen LogP contribution in [-0.2, 0) is 0 Å². The van der Waals surface area contributed by atoms with Gasteiger partial charge in [0.15, 0.2) is 5.78 Å². The van der Waals surface area contributed by atoms with E-state index in [4.69, 9.17) is 5.73 Å². The predicted molar refractivity (Wildman–Crippen MR) is 80.8 cm³/mol. The first-order chi connectivity index (χ1) is 8.90. The summed E-state index contributed by atoms with van der Waals surface area (Å²) < 4.78 is 14.2. The number of nitrogens with two attached hydrogens (primary N) is 1. The maximum atomic E-state index is 13.2. The van der Waals surface area contributed by atoms with E-state index in [2.05, 4.69) is 31.9 Å². The minimum absolute atomic E-state index is 0.189. The number of hydrogen-bond acceptors (Lipinski definition) is 2. The summed E-state index contributed by atoms with van der Waals surface area (Å²) in [5.74, 6) is -0.590. The highest BCUT2D eigenvalue weighted by molar-refractivity contribution is 9.10. The molecular formula is C14H10Br2FNO. The second kappa shape index (κ2) is 5.43. The van der Waals surface area contributed by atoms with Gasteiger partial charge in [0.1, 0.15) is 5.82 Å². The second-order valence-electron chi connectivity index (χ2n) is 4.13. The minimum Gasteiger partial charge on any atom is -0.398 e. The van der Waals surface area contributed by atoms with Crippen LogP contribution in [0.3, 0.4) is 0 Å². The van der Waals surface area contributed by atoms with Gasteiger partial charge in [-0.05, 0) is 58.7 Å². The van der Waals surface area contributed by atoms with Crippen molar-refractivity contribution in [3.8, 4) is 0 Å². The molecular weight excluding hydrogens is 377 g/mol. The second-order valence-corrected chi connectivity index (χ2v) is 5.90. The molecule has 0 saturated heterocycles. The molecule has 0 amide bonds. The van der Waals surface area contributed by atoms with Crippen molar-refractivity contribution in [3.63, 3.8) is 0 Å². The van der Waals surface area contributed by atoms with Crippen LogP contribution in [0.1, 0.15) is 21.5 Å². The molecule has 2 N–H and O–H groups in total. The Hall–Kier alpha value is -1.20. The monoisotopic (exact) mass is 385 g/mol. The number of rotatable bonds is 2. The third-order valence-electron chi connectivity index (χ3n) is 2.84. The fourth-order valence-corrected chi connectivity index (χ4v) is 2.58. The van der Waals surface area contributed by atoms with Crippen LogP contribution in [0.25, 0.3) is 0 Å². The molecule has 19 heavy (non-hydrogen) atoms. The van der Waals surface area contributed by atoms with Crippen molar-refractivity contribution in [2.75, 3.05) is 5.73 Å². The lowest BCUT2D eigenvalue weighted by molar-refractivity contribution is 0.103. The summed E-state index contributed by atoms with van der Waals surface area (Å²) >= 11 is 6.39. The van der Waals surface area contributed by atoms with Crippen LogP contribution in [0.15, 0.2) is 39.3 Å². The summed E-state index contributed by atoms with van der Waals surface area (Å²) in [6, 6.07) is 7.64. The summed E-state index contributed by atoms with van der Waals surface area (Å²) in [7, 11) is 0. The summed E-state index contributed by atoms with van der Waals surface area (Å²) in [6.45, 7) is 1.79. The average molecular weight is 387 g/mol. The highest BCUT2D eigenvalue weighted by Crippen LogP contribution is 2.26. The Morgan fingerprint density at radius 1 is 1.21 bits per heavy atom. The van der Waals surface area contributed by atoms with Gasteiger partial charge in [0.2, 0.25) is 0 Å². The molecule has 0 bridgehead atoms. The predicted octanol–water partition coefficient (Wildman–Crippen LogP) is 4.47. The number of halogens is 3. The minimum atomic E-state index is -0.401. The first-order valence-electron chi connectivity index (χ1n) is 5.45. The lowest BCUT2D eigenvalue weighted by Gasteiger charge is -2.09. The molecule has 0 fully saturated rings. The zero-order valence-electron chi connectivity index (χ0n) is 10.0.